The molecular formula is C22H27N3O4S. The van der Waals surface area contributed by atoms with Crippen LogP contribution in [-0.4, -0.2) is 55.6 Å². The average Bonchev–Trinajstić information content (AvgIpc) is 3.18. The van der Waals surface area contributed by atoms with Crippen molar-refractivity contribution in [1.82, 2.24) is 9.21 Å². The van der Waals surface area contributed by atoms with Crippen LogP contribution in [0, 0.1) is 5.41 Å². The Bertz CT molecular complexity index is 1010. The summed E-state index contributed by atoms with van der Waals surface area (Å²) >= 11 is 0. The molecule has 30 heavy (non-hydrogen) atoms. The van der Waals surface area contributed by atoms with Gasteiger partial charge in [-0.2, -0.15) is 4.31 Å². The molecule has 2 saturated heterocycles. The molecular weight excluding hydrogens is 402 g/mol. The van der Waals surface area contributed by atoms with Crippen LogP contribution in [0.2, 0.25) is 0 Å². The van der Waals surface area contributed by atoms with Crippen LogP contribution in [0.15, 0.2) is 65.6 Å². The van der Waals surface area contributed by atoms with E-state index in [4.69, 9.17) is 4.74 Å². The quantitative estimate of drug-likeness (QED) is 0.811. The third kappa shape index (κ3) is 3.49. The lowest BCUT2D eigenvalue weighted by Crippen LogP contribution is -2.65. The Morgan fingerprint density at radius 3 is 2.27 bits per heavy atom. The number of urea groups is 1. The number of anilines is 1. The van der Waals surface area contributed by atoms with E-state index in [1.165, 1.54) is 4.31 Å². The molecule has 1 spiro atoms. The van der Waals surface area contributed by atoms with E-state index in [1.54, 1.807) is 35.2 Å². The zero-order valence-electron chi connectivity index (χ0n) is 17.2. The minimum absolute atomic E-state index is 0.195. The van der Waals surface area contributed by atoms with Crippen molar-refractivity contribution in [3.05, 3.63) is 60.7 Å². The molecule has 160 valence electrons. The highest BCUT2D eigenvalue weighted by molar-refractivity contribution is 7.89. The normalized spacial score (nSPS) is 24.1. The Kier molecular flexibility index (Phi) is 5.34. The first-order chi connectivity index (χ1) is 14.3. The third-order valence-electron chi connectivity index (χ3n) is 6.05. The molecule has 4 rings (SSSR count). The zero-order chi connectivity index (χ0) is 21.4. The second kappa shape index (κ2) is 7.68. The number of carbonyl (C=O) groups is 1. The molecule has 0 aromatic heterocycles. The Labute approximate surface area is 177 Å². The van der Waals surface area contributed by atoms with Crippen molar-refractivity contribution in [2.45, 2.75) is 30.9 Å². The van der Waals surface area contributed by atoms with Crippen molar-refractivity contribution in [2.75, 3.05) is 31.6 Å². The van der Waals surface area contributed by atoms with E-state index in [-0.39, 0.29) is 10.9 Å². The zero-order valence-corrected chi connectivity index (χ0v) is 18.1. The molecule has 0 bridgehead atoms. The number of nitrogens with zero attached hydrogens (tertiary/aromatic N) is 2. The number of likely N-dealkylation sites (tertiary alicyclic amines) is 1. The highest BCUT2D eigenvalue weighted by Gasteiger charge is 2.60. The molecule has 0 radical (unpaired) electrons. The minimum Gasteiger partial charge on any atom is -0.357 e. The monoisotopic (exact) mass is 429 g/mol. The Hall–Kier alpha value is -2.42. The van der Waals surface area contributed by atoms with Crippen molar-refractivity contribution in [2.24, 2.45) is 5.41 Å². The van der Waals surface area contributed by atoms with E-state index in [1.807, 2.05) is 44.2 Å². The lowest BCUT2D eigenvalue weighted by atomic mass is 9.75. The van der Waals surface area contributed by atoms with Crippen LogP contribution >= 0.6 is 0 Å². The van der Waals surface area contributed by atoms with Gasteiger partial charge in [0, 0.05) is 37.2 Å². The van der Waals surface area contributed by atoms with Crippen LogP contribution in [0.25, 0.3) is 0 Å². The smallest absolute Gasteiger partial charge is 0.321 e. The van der Waals surface area contributed by atoms with Gasteiger partial charge in [0.15, 0.2) is 0 Å². The fraction of sp³-hybridized carbons (Fsp3) is 0.409. The number of sulfonamides is 1. The number of amides is 2. The van der Waals surface area contributed by atoms with Gasteiger partial charge < -0.3 is 15.0 Å². The number of nitrogens with one attached hydrogen (secondary N) is 1. The van der Waals surface area contributed by atoms with Gasteiger partial charge in [-0.25, -0.2) is 13.2 Å². The van der Waals surface area contributed by atoms with Crippen molar-refractivity contribution >= 4 is 21.7 Å². The number of hydrogen-bond donors (Lipinski definition) is 1. The molecule has 2 heterocycles. The van der Waals surface area contributed by atoms with Gasteiger partial charge >= 0.3 is 6.03 Å². The van der Waals surface area contributed by atoms with E-state index >= 15 is 0 Å². The van der Waals surface area contributed by atoms with E-state index in [0.29, 0.717) is 32.7 Å². The maximum Gasteiger partial charge on any atom is 0.321 e. The van der Waals surface area contributed by atoms with Gasteiger partial charge in [-0.05, 0) is 24.3 Å². The summed E-state index contributed by atoms with van der Waals surface area (Å²) in [7, 11) is -3.71. The van der Waals surface area contributed by atoms with Crippen LogP contribution in [-0.2, 0) is 14.8 Å². The number of rotatable bonds is 3. The molecule has 2 amide bonds. The van der Waals surface area contributed by atoms with Gasteiger partial charge in [-0.15, -0.1) is 0 Å². The van der Waals surface area contributed by atoms with Crippen LogP contribution < -0.4 is 5.32 Å². The fourth-order valence-corrected chi connectivity index (χ4v) is 6.37. The molecule has 2 aliphatic rings. The van der Waals surface area contributed by atoms with E-state index < -0.39 is 21.2 Å². The van der Waals surface area contributed by atoms with Gasteiger partial charge in [-0.3, -0.25) is 0 Å². The second-order valence-corrected chi connectivity index (χ2v) is 10.2. The van der Waals surface area contributed by atoms with E-state index in [2.05, 4.69) is 5.32 Å². The molecule has 1 atom stereocenters. The van der Waals surface area contributed by atoms with E-state index in [0.717, 1.165) is 5.69 Å². The fourth-order valence-electron chi connectivity index (χ4n) is 4.52. The van der Waals surface area contributed by atoms with Crippen LogP contribution in [0.5, 0.6) is 0 Å². The number of benzene rings is 2. The SMILES string of the molecule is CC1(C)CN(C(=O)Nc2ccccc2)CCC12OCCN2S(=O)(=O)c1ccccc1. The summed E-state index contributed by atoms with van der Waals surface area (Å²) in [6.45, 7) is 5.36. The average molecular weight is 430 g/mol. The molecule has 8 heteroatoms. The Morgan fingerprint density at radius 1 is 1.00 bits per heavy atom. The summed E-state index contributed by atoms with van der Waals surface area (Å²) in [4.78, 5) is 14.8. The third-order valence-corrected chi connectivity index (χ3v) is 7.97. The van der Waals surface area contributed by atoms with Gasteiger partial charge in [0.1, 0.15) is 5.72 Å². The van der Waals surface area contributed by atoms with Crippen molar-refractivity contribution in [3.63, 3.8) is 0 Å². The van der Waals surface area contributed by atoms with Gasteiger partial charge in [0.25, 0.3) is 0 Å². The predicted molar refractivity (Wildman–Crippen MR) is 114 cm³/mol. The van der Waals surface area contributed by atoms with Gasteiger partial charge in [-0.1, -0.05) is 50.2 Å². The number of piperidine rings is 1. The lowest BCUT2D eigenvalue weighted by molar-refractivity contribution is -0.166. The standard InChI is InChI=1S/C22H27N3O4S/c1-21(2)17-24(20(26)23-18-9-5-3-6-10-18)14-13-22(21)25(15-16-29-22)30(27,28)19-11-7-4-8-12-19/h3-12H,13-17H2,1-2H3,(H,23,26). The van der Waals surface area contributed by atoms with Crippen molar-refractivity contribution in [1.29, 1.82) is 0 Å². The second-order valence-electron chi connectivity index (χ2n) is 8.37. The molecule has 2 aromatic rings. The summed E-state index contributed by atoms with van der Waals surface area (Å²) in [6.07, 6.45) is 0.411. The largest absolute Gasteiger partial charge is 0.357 e. The molecule has 2 fully saturated rings. The first-order valence-electron chi connectivity index (χ1n) is 10.1. The maximum absolute atomic E-state index is 13.4. The molecule has 0 saturated carbocycles. The lowest BCUT2D eigenvalue weighted by Gasteiger charge is -2.53. The maximum atomic E-state index is 13.4. The number of para-hydroxylation sites is 1. The molecule has 1 unspecified atom stereocenters. The predicted octanol–water partition coefficient (Wildman–Crippen LogP) is 3.37. The number of ether oxygens (including phenoxy) is 1. The Morgan fingerprint density at radius 2 is 1.63 bits per heavy atom. The molecule has 0 aliphatic carbocycles. The topological polar surface area (TPSA) is 79.0 Å². The summed E-state index contributed by atoms with van der Waals surface area (Å²) in [5, 5.41) is 2.91. The molecule has 1 N–H and O–H groups in total. The molecule has 7 nitrogen and oxygen atoms in total. The van der Waals surface area contributed by atoms with Gasteiger partial charge in [0.05, 0.1) is 11.5 Å². The summed E-state index contributed by atoms with van der Waals surface area (Å²) in [6, 6.07) is 17.5. The van der Waals surface area contributed by atoms with Crippen LogP contribution in [0.1, 0.15) is 20.3 Å². The van der Waals surface area contributed by atoms with E-state index in [9.17, 15) is 13.2 Å². The highest BCUT2D eigenvalue weighted by atomic mass is 32.2. The number of carbonyl (C=O) groups excluding carboxylic acids is 1. The number of hydrogen-bond acceptors (Lipinski definition) is 4. The van der Waals surface area contributed by atoms with Crippen molar-refractivity contribution in [3.8, 4) is 0 Å². The summed E-state index contributed by atoms with van der Waals surface area (Å²) in [5.41, 5.74) is -0.853. The van der Waals surface area contributed by atoms with Gasteiger partial charge in [0.2, 0.25) is 10.0 Å². The molecule has 2 aromatic carbocycles. The highest BCUT2D eigenvalue weighted by Crippen LogP contribution is 2.48. The first-order valence-corrected chi connectivity index (χ1v) is 11.5. The van der Waals surface area contributed by atoms with Crippen LogP contribution in [0.4, 0.5) is 10.5 Å². The molecule has 2 aliphatic heterocycles. The van der Waals surface area contributed by atoms with Crippen molar-refractivity contribution < 1.29 is 17.9 Å². The summed E-state index contributed by atoms with van der Waals surface area (Å²) in [5.74, 6) is 0. The minimum atomic E-state index is -3.71. The summed E-state index contributed by atoms with van der Waals surface area (Å²) < 4.78 is 34.5. The Balaban J connectivity index is 1.57. The van der Waals surface area contributed by atoms with Crippen LogP contribution in [0.3, 0.4) is 0 Å². The first kappa shape index (κ1) is 20.8.